The van der Waals surface area contributed by atoms with Gasteiger partial charge in [-0.05, 0) is 82.2 Å². The average molecular weight is 656 g/mol. The summed E-state index contributed by atoms with van der Waals surface area (Å²) in [4.78, 5) is 49.6. The predicted octanol–water partition coefficient (Wildman–Crippen LogP) is 5.51. The zero-order valence-electron chi connectivity index (χ0n) is 27.5. The van der Waals surface area contributed by atoms with Crippen LogP contribution in [0.1, 0.15) is 76.3 Å². The fraction of sp³-hybridized carbons (Fsp3) is 0.421. The third kappa shape index (κ3) is 8.38. The molecule has 48 heavy (non-hydrogen) atoms. The molecule has 2 aliphatic heterocycles. The minimum absolute atomic E-state index is 0.132. The van der Waals surface area contributed by atoms with Crippen LogP contribution in [0.5, 0.6) is 11.5 Å². The van der Waals surface area contributed by atoms with Crippen LogP contribution in [0.4, 0.5) is 5.69 Å². The van der Waals surface area contributed by atoms with Gasteiger partial charge in [0.25, 0.3) is 0 Å². The minimum Gasteiger partial charge on any atom is -0.464 e. The summed E-state index contributed by atoms with van der Waals surface area (Å²) in [6.07, 6.45) is 18.1. The van der Waals surface area contributed by atoms with Crippen molar-refractivity contribution in [3.05, 3.63) is 59.7 Å². The molecule has 252 valence electrons. The number of ether oxygens (including phenoxy) is 5. The number of fused-ring (bicyclic) bond motifs is 2. The molecule has 0 amide bonds. The fourth-order valence-electron chi connectivity index (χ4n) is 5.97. The molecule has 2 aliphatic rings. The summed E-state index contributed by atoms with van der Waals surface area (Å²) in [5.74, 6) is 2.45. The molecule has 0 bridgehead atoms. The number of terminal acetylenes is 2. The molecular weight excluding hydrogens is 614 g/mol. The predicted molar refractivity (Wildman–Crippen MR) is 179 cm³/mol. The quantitative estimate of drug-likeness (QED) is 0.0572. The molecule has 1 unspecified atom stereocenters. The van der Waals surface area contributed by atoms with Crippen molar-refractivity contribution >= 4 is 35.6 Å². The zero-order valence-corrected chi connectivity index (χ0v) is 27.5. The van der Waals surface area contributed by atoms with Crippen LogP contribution in [0.15, 0.2) is 48.5 Å². The molecule has 0 saturated carbocycles. The molecule has 0 saturated heterocycles. The number of carbonyl (C=O) groups is 4. The number of hydrogen-bond donors (Lipinski definition) is 0. The Kier molecular flexibility index (Phi) is 12.3. The molecule has 2 aromatic carbocycles. The number of carbonyl (C=O) groups excluding carboxylic acids is 4. The van der Waals surface area contributed by atoms with Gasteiger partial charge in [-0.2, -0.15) is 0 Å². The first-order valence-electron chi connectivity index (χ1n) is 16.1. The highest BCUT2D eigenvalue weighted by atomic mass is 16.6. The van der Waals surface area contributed by atoms with Crippen molar-refractivity contribution in [2.24, 2.45) is 0 Å². The van der Waals surface area contributed by atoms with E-state index >= 15 is 0 Å². The van der Waals surface area contributed by atoms with Crippen molar-refractivity contribution in [3.8, 4) is 36.2 Å². The van der Waals surface area contributed by atoms with E-state index in [1.165, 1.54) is 0 Å². The second kappa shape index (κ2) is 16.6. The van der Waals surface area contributed by atoms with E-state index in [9.17, 15) is 19.2 Å². The molecule has 0 fully saturated rings. The Balaban J connectivity index is 1.40. The number of anilines is 1. The van der Waals surface area contributed by atoms with Crippen LogP contribution in [-0.4, -0.2) is 56.0 Å². The average Bonchev–Trinajstić information content (AvgIpc) is 3.26. The standard InChI is InChI=1S/C38H41NO9/c1-5-32(40)44-25-13-7-9-20-34(42)46-27-24-39-30-18-12-11-17-29(30)37(3,4)38(39)23-22-28-16-15-19-31(36(28)48-38)47-35(43)21-10-8-14-26-45-33(41)6-2/h1-2,11-12,15-19,22-23H,7-10,13-14,20-21,24-27H2,3-4H3. The molecular formula is C38H41NO9. The van der Waals surface area contributed by atoms with E-state index in [0.29, 0.717) is 56.6 Å². The van der Waals surface area contributed by atoms with Crippen molar-refractivity contribution in [2.75, 3.05) is 31.3 Å². The molecule has 0 radical (unpaired) electrons. The molecule has 1 spiro atoms. The van der Waals surface area contributed by atoms with Gasteiger partial charge in [0, 0.05) is 35.9 Å². The maximum atomic E-state index is 12.8. The van der Waals surface area contributed by atoms with Gasteiger partial charge in [0.15, 0.2) is 11.5 Å². The van der Waals surface area contributed by atoms with E-state index < -0.39 is 29.0 Å². The third-order valence-corrected chi connectivity index (χ3v) is 8.47. The van der Waals surface area contributed by atoms with Gasteiger partial charge in [0.2, 0.25) is 5.72 Å². The summed E-state index contributed by atoms with van der Waals surface area (Å²) >= 11 is 0. The normalized spacial score (nSPS) is 16.5. The van der Waals surface area contributed by atoms with Crippen LogP contribution in [0.25, 0.3) is 6.08 Å². The fourth-order valence-corrected chi connectivity index (χ4v) is 5.97. The van der Waals surface area contributed by atoms with Gasteiger partial charge < -0.3 is 28.6 Å². The molecule has 0 aliphatic carbocycles. The molecule has 1 atom stereocenters. The lowest BCUT2D eigenvalue weighted by molar-refractivity contribution is -0.144. The first-order valence-corrected chi connectivity index (χ1v) is 16.1. The topological polar surface area (TPSA) is 118 Å². The lowest BCUT2D eigenvalue weighted by Gasteiger charge is -2.47. The highest BCUT2D eigenvalue weighted by Crippen LogP contribution is 2.55. The molecule has 0 N–H and O–H groups in total. The Bertz CT molecular complexity index is 1610. The van der Waals surface area contributed by atoms with E-state index in [2.05, 4.69) is 24.8 Å². The van der Waals surface area contributed by atoms with Crippen molar-refractivity contribution in [1.29, 1.82) is 0 Å². The molecule has 4 rings (SSSR count). The van der Waals surface area contributed by atoms with Crippen LogP contribution < -0.4 is 14.4 Å². The van der Waals surface area contributed by atoms with Crippen molar-refractivity contribution in [1.82, 2.24) is 0 Å². The van der Waals surface area contributed by atoms with Gasteiger partial charge in [-0.3, -0.25) is 9.59 Å². The van der Waals surface area contributed by atoms with Crippen molar-refractivity contribution < 1.29 is 42.9 Å². The Morgan fingerprint density at radius 2 is 1.42 bits per heavy atom. The number of unbranched alkanes of at least 4 members (excludes halogenated alkanes) is 4. The highest BCUT2D eigenvalue weighted by Gasteiger charge is 2.59. The first kappa shape index (κ1) is 35.6. The van der Waals surface area contributed by atoms with Crippen LogP contribution in [0.2, 0.25) is 0 Å². The first-order chi connectivity index (χ1) is 23.1. The van der Waals surface area contributed by atoms with Gasteiger partial charge in [-0.15, -0.1) is 12.8 Å². The van der Waals surface area contributed by atoms with Crippen LogP contribution >= 0.6 is 0 Å². The summed E-state index contributed by atoms with van der Waals surface area (Å²) in [5.41, 5.74) is 1.23. The van der Waals surface area contributed by atoms with Gasteiger partial charge in [-0.1, -0.05) is 30.3 Å². The van der Waals surface area contributed by atoms with E-state index in [0.717, 1.165) is 16.8 Å². The van der Waals surface area contributed by atoms with E-state index in [4.69, 9.17) is 36.5 Å². The summed E-state index contributed by atoms with van der Waals surface area (Å²) in [5, 5.41) is 0. The second-order valence-corrected chi connectivity index (χ2v) is 12.0. The number of benzene rings is 2. The number of esters is 4. The summed E-state index contributed by atoms with van der Waals surface area (Å²) in [6, 6.07) is 13.4. The molecule has 10 heteroatoms. The summed E-state index contributed by atoms with van der Waals surface area (Å²) < 4.78 is 28.1. The van der Waals surface area contributed by atoms with E-state index in [1.807, 2.05) is 54.3 Å². The maximum absolute atomic E-state index is 12.8. The lowest BCUT2D eigenvalue weighted by Crippen LogP contribution is -2.60. The molecule has 2 aromatic rings. The molecule has 0 aromatic heterocycles. The third-order valence-electron chi connectivity index (χ3n) is 8.47. The minimum atomic E-state index is -1.01. The Labute approximate surface area is 281 Å². The van der Waals surface area contributed by atoms with Crippen molar-refractivity contribution in [3.63, 3.8) is 0 Å². The maximum Gasteiger partial charge on any atom is 0.384 e. The molecule has 10 nitrogen and oxygen atoms in total. The van der Waals surface area contributed by atoms with Crippen LogP contribution in [-0.2, 0) is 38.8 Å². The Morgan fingerprint density at radius 1 is 0.771 bits per heavy atom. The summed E-state index contributed by atoms with van der Waals surface area (Å²) in [7, 11) is 0. The number of nitrogens with zero attached hydrogens (tertiary/aromatic N) is 1. The number of rotatable bonds is 16. The van der Waals surface area contributed by atoms with Crippen LogP contribution in [0.3, 0.4) is 0 Å². The number of hydrogen-bond acceptors (Lipinski definition) is 10. The zero-order chi connectivity index (χ0) is 34.6. The summed E-state index contributed by atoms with van der Waals surface area (Å²) in [6.45, 7) is 5.11. The Hall–Kier alpha value is -5.22. The largest absolute Gasteiger partial charge is 0.464 e. The molecule has 2 heterocycles. The monoisotopic (exact) mass is 655 g/mol. The highest BCUT2D eigenvalue weighted by molar-refractivity contribution is 5.88. The second-order valence-electron chi connectivity index (χ2n) is 12.0. The number of para-hydroxylation sites is 2. The van der Waals surface area contributed by atoms with E-state index in [1.54, 1.807) is 6.07 Å². The van der Waals surface area contributed by atoms with Crippen molar-refractivity contribution in [2.45, 2.75) is 76.4 Å². The van der Waals surface area contributed by atoms with Gasteiger partial charge in [-0.25, -0.2) is 9.59 Å². The Morgan fingerprint density at radius 3 is 2.08 bits per heavy atom. The van der Waals surface area contributed by atoms with Gasteiger partial charge in [0.1, 0.15) is 6.61 Å². The lowest BCUT2D eigenvalue weighted by atomic mass is 9.76. The van der Waals surface area contributed by atoms with E-state index in [-0.39, 0.29) is 38.6 Å². The van der Waals surface area contributed by atoms with Gasteiger partial charge >= 0.3 is 23.9 Å². The SMILES string of the molecule is C#CC(=O)OCCCCCC(=O)OCCN1c2ccccc2C(C)(C)C12C=Cc1cccc(OC(=O)CCCCCOC(=O)C#C)c1O2. The van der Waals surface area contributed by atoms with Gasteiger partial charge in [0.05, 0.1) is 25.2 Å². The smallest absolute Gasteiger partial charge is 0.384 e. The van der Waals surface area contributed by atoms with Crippen LogP contribution in [0, 0.1) is 24.7 Å².